The molecule has 0 saturated carbocycles. The summed E-state index contributed by atoms with van der Waals surface area (Å²) < 4.78 is 16.9. The smallest absolute Gasteiger partial charge is 0.340 e. The number of nitrogens with zero attached hydrogens (tertiary/aromatic N) is 1. The lowest BCUT2D eigenvalue weighted by Gasteiger charge is -2.19. The Labute approximate surface area is 229 Å². The zero-order chi connectivity index (χ0) is 26.1. The summed E-state index contributed by atoms with van der Waals surface area (Å²) in [5, 5.41) is 5.74. The van der Waals surface area contributed by atoms with Crippen molar-refractivity contribution < 1.29 is 19.0 Å². The molecular weight excluding hydrogens is 525 g/mol. The number of carbonyl (C=O) groups is 1. The molecule has 2 aliphatic heterocycles. The molecule has 0 fully saturated rings. The summed E-state index contributed by atoms with van der Waals surface area (Å²) in [4.78, 5) is 13.2. The molecule has 0 saturated heterocycles. The molecule has 2 heterocycles. The van der Waals surface area contributed by atoms with Gasteiger partial charge in [-0.15, -0.1) is 0 Å². The normalized spacial score (nSPS) is 13.9. The molecule has 0 atom stereocenters. The van der Waals surface area contributed by atoms with Crippen molar-refractivity contribution in [2.75, 3.05) is 18.7 Å². The number of hydrogen-bond donors (Lipinski definition) is 2. The molecule has 0 aliphatic carbocycles. The number of hydrogen-bond acceptors (Lipinski definition) is 5. The maximum Gasteiger partial charge on any atom is 0.340 e. The Balaban J connectivity index is 1.19. The van der Waals surface area contributed by atoms with Crippen LogP contribution in [0.3, 0.4) is 0 Å². The molecule has 0 spiro atoms. The van der Waals surface area contributed by atoms with Gasteiger partial charge in [0.2, 0.25) is 6.79 Å². The number of anilines is 1. The number of benzene rings is 4. The van der Waals surface area contributed by atoms with E-state index in [1.807, 2.05) is 42.5 Å². The molecule has 0 bridgehead atoms. The largest absolute Gasteiger partial charge is 0.457 e. The molecule has 190 valence electrons. The predicted molar refractivity (Wildman–Crippen MR) is 148 cm³/mol. The molecule has 0 aromatic heterocycles. The maximum absolute atomic E-state index is 13.2. The number of nitrogens with one attached hydrogen (secondary N) is 2. The van der Waals surface area contributed by atoms with Gasteiger partial charge in [0.1, 0.15) is 11.5 Å². The summed E-state index contributed by atoms with van der Waals surface area (Å²) in [6.45, 7) is 0.527. The van der Waals surface area contributed by atoms with Crippen LogP contribution in [0.25, 0.3) is 11.3 Å². The summed E-state index contributed by atoms with van der Waals surface area (Å²) in [7, 11) is 0. The van der Waals surface area contributed by atoms with Crippen LogP contribution in [-0.2, 0) is 0 Å². The van der Waals surface area contributed by atoms with E-state index in [9.17, 15) is 4.79 Å². The molecule has 38 heavy (non-hydrogen) atoms. The van der Waals surface area contributed by atoms with Gasteiger partial charge in [-0.3, -0.25) is 5.43 Å². The number of hydrazine groups is 1. The fourth-order valence-electron chi connectivity index (χ4n) is 4.21. The topological polar surface area (TPSA) is 72.1 Å². The fourth-order valence-corrected chi connectivity index (χ4v) is 4.46. The van der Waals surface area contributed by atoms with Gasteiger partial charge in [-0.1, -0.05) is 41.4 Å². The van der Waals surface area contributed by atoms with E-state index in [2.05, 4.69) is 10.7 Å². The SMILES string of the molecule is O=C(Nc1ccc(Oc2ccc(Cl)cc2)cc1)N1CC(c2ccc3c(c2)OCO3)=C(c2ccc(Cl)cc2)N1. The average molecular weight is 546 g/mol. The van der Waals surface area contributed by atoms with Crippen LogP contribution in [0, 0.1) is 0 Å². The van der Waals surface area contributed by atoms with Crippen molar-refractivity contribution in [2.45, 2.75) is 0 Å². The van der Waals surface area contributed by atoms with Gasteiger partial charge in [0.15, 0.2) is 11.5 Å². The average Bonchev–Trinajstić information content (AvgIpc) is 3.59. The highest BCUT2D eigenvalue weighted by molar-refractivity contribution is 6.30. The Bertz CT molecular complexity index is 1520. The van der Waals surface area contributed by atoms with Crippen molar-refractivity contribution in [2.24, 2.45) is 0 Å². The maximum atomic E-state index is 13.2. The summed E-state index contributed by atoms with van der Waals surface area (Å²) in [6.07, 6.45) is 0. The van der Waals surface area contributed by atoms with Gasteiger partial charge >= 0.3 is 6.03 Å². The first-order valence-electron chi connectivity index (χ1n) is 11.8. The van der Waals surface area contributed by atoms with E-state index in [4.69, 9.17) is 37.4 Å². The zero-order valence-corrected chi connectivity index (χ0v) is 21.4. The second-order valence-electron chi connectivity index (χ2n) is 8.64. The zero-order valence-electron chi connectivity index (χ0n) is 19.9. The minimum absolute atomic E-state index is 0.193. The lowest BCUT2D eigenvalue weighted by atomic mass is 10.0. The van der Waals surface area contributed by atoms with Gasteiger partial charge in [0.05, 0.1) is 12.2 Å². The van der Waals surface area contributed by atoms with Crippen LogP contribution >= 0.6 is 23.2 Å². The van der Waals surface area contributed by atoms with Gasteiger partial charge < -0.3 is 19.5 Å². The monoisotopic (exact) mass is 545 g/mol. The molecule has 9 heteroatoms. The molecule has 0 unspecified atom stereocenters. The third kappa shape index (κ3) is 5.07. The Morgan fingerprint density at radius 1 is 0.789 bits per heavy atom. The van der Waals surface area contributed by atoms with E-state index < -0.39 is 0 Å². The van der Waals surface area contributed by atoms with Gasteiger partial charge in [0.25, 0.3) is 0 Å². The molecule has 4 aromatic rings. The van der Waals surface area contributed by atoms with Gasteiger partial charge in [-0.25, -0.2) is 9.80 Å². The number of urea groups is 1. The van der Waals surface area contributed by atoms with Crippen LogP contribution < -0.4 is 25.0 Å². The van der Waals surface area contributed by atoms with Gasteiger partial charge in [-0.05, 0) is 83.9 Å². The van der Waals surface area contributed by atoms with E-state index in [1.165, 1.54) is 5.01 Å². The van der Waals surface area contributed by atoms with Crippen molar-refractivity contribution in [3.05, 3.63) is 112 Å². The second-order valence-corrected chi connectivity index (χ2v) is 9.51. The lowest BCUT2D eigenvalue weighted by molar-refractivity contribution is 0.174. The standard InChI is InChI=1S/C29H21Cl2N3O4/c30-20-4-1-18(2-5-20)28-25(19-3-14-26-27(15-19)37-17-36-26)16-34(33-28)29(35)32-22-8-12-24(13-9-22)38-23-10-6-21(31)7-11-23/h1-15,33H,16-17H2,(H,32,35). The van der Waals surface area contributed by atoms with E-state index in [0.29, 0.717) is 45.3 Å². The van der Waals surface area contributed by atoms with Gasteiger partial charge in [0, 0.05) is 21.3 Å². The Hall–Kier alpha value is -4.33. The Morgan fingerprint density at radius 2 is 1.39 bits per heavy atom. The fraction of sp³-hybridized carbons (Fsp3) is 0.0690. The molecule has 6 rings (SSSR count). The number of rotatable bonds is 5. The van der Waals surface area contributed by atoms with E-state index in [0.717, 1.165) is 22.4 Å². The molecule has 2 N–H and O–H groups in total. The second kappa shape index (κ2) is 10.2. The van der Waals surface area contributed by atoms with Crippen molar-refractivity contribution in [3.63, 3.8) is 0 Å². The summed E-state index contributed by atoms with van der Waals surface area (Å²) >= 11 is 12.0. The first-order valence-corrected chi connectivity index (χ1v) is 12.6. The number of ether oxygens (including phenoxy) is 3. The molecular formula is C29H21Cl2N3O4. The predicted octanol–water partition coefficient (Wildman–Crippen LogP) is 7.44. The van der Waals surface area contributed by atoms with Gasteiger partial charge in [-0.2, -0.15) is 0 Å². The van der Waals surface area contributed by atoms with Crippen LogP contribution in [0.5, 0.6) is 23.0 Å². The Morgan fingerprint density at radius 3 is 2.11 bits per heavy atom. The number of amides is 2. The van der Waals surface area contributed by atoms with Crippen molar-refractivity contribution in [3.8, 4) is 23.0 Å². The summed E-state index contributed by atoms with van der Waals surface area (Å²) in [5.74, 6) is 2.69. The van der Waals surface area contributed by atoms with Crippen LogP contribution in [0.2, 0.25) is 10.0 Å². The van der Waals surface area contributed by atoms with Crippen molar-refractivity contribution in [1.29, 1.82) is 0 Å². The number of halogens is 2. The van der Waals surface area contributed by atoms with Crippen molar-refractivity contribution >= 4 is 46.2 Å². The minimum atomic E-state index is -0.307. The summed E-state index contributed by atoms with van der Waals surface area (Å²) in [6, 6.07) is 27.2. The molecule has 7 nitrogen and oxygen atoms in total. The molecule has 4 aromatic carbocycles. The third-order valence-electron chi connectivity index (χ3n) is 6.12. The first-order chi connectivity index (χ1) is 18.5. The Kier molecular flexibility index (Phi) is 6.45. The van der Waals surface area contributed by atoms with Crippen LogP contribution in [-0.4, -0.2) is 24.4 Å². The number of carbonyl (C=O) groups excluding carboxylic acids is 1. The van der Waals surface area contributed by atoms with E-state index in [1.54, 1.807) is 48.5 Å². The van der Waals surface area contributed by atoms with E-state index in [-0.39, 0.29) is 12.8 Å². The highest BCUT2D eigenvalue weighted by Crippen LogP contribution is 2.38. The summed E-state index contributed by atoms with van der Waals surface area (Å²) in [5.41, 5.74) is 7.46. The third-order valence-corrected chi connectivity index (χ3v) is 6.62. The quantitative estimate of drug-likeness (QED) is 0.272. The molecule has 2 amide bonds. The molecule has 0 radical (unpaired) electrons. The highest BCUT2D eigenvalue weighted by Gasteiger charge is 2.28. The van der Waals surface area contributed by atoms with Crippen LogP contribution in [0.1, 0.15) is 11.1 Å². The van der Waals surface area contributed by atoms with Crippen molar-refractivity contribution in [1.82, 2.24) is 10.4 Å². The van der Waals surface area contributed by atoms with Crippen LogP contribution in [0.15, 0.2) is 91.0 Å². The van der Waals surface area contributed by atoms with Crippen LogP contribution in [0.4, 0.5) is 10.5 Å². The first kappa shape index (κ1) is 24.0. The highest BCUT2D eigenvalue weighted by atomic mass is 35.5. The lowest BCUT2D eigenvalue weighted by Crippen LogP contribution is -2.40. The molecule has 2 aliphatic rings. The number of fused-ring (bicyclic) bond motifs is 1. The van der Waals surface area contributed by atoms with E-state index >= 15 is 0 Å². The minimum Gasteiger partial charge on any atom is -0.457 e.